The molecule has 21 heavy (non-hydrogen) atoms. The number of hydrogen-bond acceptors (Lipinski definition) is 3. The summed E-state index contributed by atoms with van der Waals surface area (Å²) in [5, 5.41) is 11.6. The van der Waals surface area contributed by atoms with Crippen molar-refractivity contribution >= 4 is 12.0 Å². The third-order valence-electron chi connectivity index (χ3n) is 3.28. The number of urea groups is 1. The van der Waals surface area contributed by atoms with Crippen LogP contribution in [0.1, 0.15) is 33.1 Å². The summed E-state index contributed by atoms with van der Waals surface area (Å²) in [5.41, 5.74) is 0. The first-order valence-electron chi connectivity index (χ1n) is 7.26. The van der Waals surface area contributed by atoms with Crippen molar-refractivity contribution in [2.75, 3.05) is 13.1 Å². The van der Waals surface area contributed by atoms with Crippen LogP contribution < -0.4 is 5.32 Å². The summed E-state index contributed by atoms with van der Waals surface area (Å²) >= 11 is 0. The largest absolute Gasteiger partial charge is 0.481 e. The Bertz CT molecular complexity index is 433. The van der Waals surface area contributed by atoms with Crippen LogP contribution in [0.25, 0.3) is 0 Å². The van der Waals surface area contributed by atoms with Crippen molar-refractivity contribution in [1.82, 2.24) is 19.8 Å². The number of imidazole rings is 1. The molecular formula is C14H24N4O3. The molecule has 1 aromatic heterocycles. The van der Waals surface area contributed by atoms with E-state index in [0.717, 1.165) is 19.4 Å². The van der Waals surface area contributed by atoms with Crippen LogP contribution in [0, 0.1) is 0 Å². The highest BCUT2D eigenvalue weighted by molar-refractivity contribution is 5.75. The molecule has 0 radical (unpaired) electrons. The van der Waals surface area contributed by atoms with Crippen molar-refractivity contribution in [1.29, 1.82) is 0 Å². The molecule has 1 heterocycles. The third kappa shape index (κ3) is 6.29. The molecule has 1 rings (SSSR count). The van der Waals surface area contributed by atoms with Gasteiger partial charge >= 0.3 is 12.0 Å². The van der Waals surface area contributed by atoms with E-state index < -0.39 is 5.97 Å². The van der Waals surface area contributed by atoms with Crippen LogP contribution in [0.15, 0.2) is 18.7 Å². The van der Waals surface area contributed by atoms with Crippen molar-refractivity contribution in [2.24, 2.45) is 0 Å². The molecule has 0 bridgehead atoms. The van der Waals surface area contributed by atoms with Gasteiger partial charge < -0.3 is 19.9 Å². The fourth-order valence-corrected chi connectivity index (χ4v) is 2.15. The second-order valence-electron chi connectivity index (χ2n) is 4.97. The lowest BCUT2D eigenvalue weighted by Crippen LogP contribution is -2.45. The maximum absolute atomic E-state index is 12.0. The van der Waals surface area contributed by atoms with E-state index in [1.54, 1.807) is 24.3 Å². The highest BCUT2D eigenvalue weighted by Gasteiger charge is 2.20. The Balaban J connectivity index is 2.22. The molecular weight excluding hydrogens is 272 g/mol. The molecule has 1 aromatic rings. The highest BCUT2D eigenvalue weighted by atomic mass is 16.4. The number of carboxylic acids is 1. The van der Waals surface area contributed by atoms with Crippen molar-refractivity contribution in [3.8, 4) is 0 Å². The lowest BCUT2D eigenvalue weighted by Gasteiger charge is -2.27. The van der Waals surface area contributed by atoms with Crippen LogP contribution in [0.5, 0.6) is 0 Å². The quantitative estimate of drug-likeness (QED) is 0.677. The van der Waals surface area contributed by atoms with Gasteiger partial charge in [0, 0.05) is 38.1 Å². The zero-order chi connectivity index (χ0) is 15.7. The lowest BCUT2D eigenvalue weighted by molar-refractivity contribution is -0.138. The Hall–Kier alpha value is -2.05. The summed E-state index contributed by atoms with van der Waals surface area (Å²) in [4.78, 5) is 28.2. The molecule has 0 saturated carbocycles. The van der Waals surface area contributed by atoms with E-state index in [0.29, 0.717) is 13.1 Å². The molecule has 7 heteroatoms. The van der Waals surface area contributed by atoms with Crippen LogP contribution in [0.4, 0.5) is 4.79 Å². The number of hydrogen-bond donors (Lipinski definition) is 2. The van der Waals surface area contributed by atoms with Gasteiger partial charge in [0.2, 0.25) is 0 Å². The van der Waals surface area contributed by atoms with Crippen LogP contribution in [0.2, 0.25) is 0 Å². The fraction of sp³-hybridized carbons (Fsp3) is 0.643. The number of aromatic nitrogens is 2. The number of nitrogens with zero attached hydrogens (tertiary/aromatic N) is 3. The monoisotopic (exact) mass is 296 g/mol. The summed E-state index contributed by atoms with van der Waals surface area (Å²) in [5.74, 6) is -0.894. The third-order valence-corrected chi connectivity index (χ3v) is 3.28. The second-order valence-corrected chi connectivity index (χ2v) is 4.97. The minimum atomic E-state index is -0.894. The predicted molar refractivity (Wildman–Crippen MR) is 79.0 cm³/mol. The van der Waals surface area contributed by atoms with Gasteiger partial charge in [-0.1, -0.05) is 0 Å². The minimum Gasteiger partial charge on any atom is -0.481 e. The predicted octanol–water partition coefficient (Wildman–Crippen LogP) is 1.56. The van der Waals surface area contributed by atoms with Gasteiger partial charge in [-0.05, 0) is 26.7 Å². The molecule has 1 unspecified atom stereocenters. The summed E-state index contributed by atoms with van der Waals surface area (Å²) in [7, 11) is 0. The zero-order valence-electron chi connectivity index (χ0n) is 12.7. The average molecular weight is 296 g/mol. The van der Waals surface area contributed by atoms with Crippen molar-refractivity contribution in [2.45, 2.75) is 45.7 Å². The highest BCUT2D eigenvalue weighted by Crippen LogP contribution is 2.04. The standard InChI is InChI=1S/C14H24N4O3/c1-3-18(12(2)10-13(19)20)14(21)16-6-4-5-8-17-9-7-15-11-17/h7,9,11-12H,3-6,8,10H2,1-2H3,(H,16,21)(H,19,20). The van der Waals surface area contributed by atoms with Gasteiger partial charge in [-0.25, -0.2) is 9.78 Å². The van der Waals surface area contributed by atoms with Crippen molar-refractivity contribution < 1.29 is 14.7 Å². The molecule has 0 aromatic carbocycles. The van der Waals surface area contributed by atoms with Gasteiger partial charge in [0.1, 0.15) is 0 Å². The molecule has 0 saturated heterocycles. The Morgan fingerprint density at radius 3 is 2.76 bits per heavy atom. The zero-order valence-corrected chi connectivity index (χ0v) is 12.7. The van der Waals surface area contributed by atoms with Gasteiger partial charge in [0.15, 0.2) is 0 Å². The number of rotatable bonds is 9. The SMILES string of the molecule is CCN(C(=O)NCCCCn1ccnc1)C(C)CC(=O)O. The Labute approximate surface area is 125 Å². The second kappa shape index (κ2) is 8.99. The van der Waals surface area contributed by atoms with Gasteiger partial charge in [-0.3, -0.25) is 4.79 Å². The molecule has 1 atom stereocenters. The molecule has 0 aliphatic carbocycles. The van der Waals surface area contributed by atoms with E-state index in [9.17, 15) is 9.59 Å². The van der Waals surface area contributed by atoms with E-state index in [2.05, 4.69) is 10.3 Å². The molecule has 0 aliphatic heterocycles. The fourth-order valence-electron chi connectivity index (χ4n) is 2.15. The first kappa shape index (κ1) is 17.0. The average Bonchev–Trinajstić information content (AvgIpc) is 2.91. The normalized spacial score (nSPS) is 11.9. The summed E-state index contributed by atoms with van der Waals surface area (Å²) < 4.78 is 2.00. The number of aryl methyl sites for hydroxylation is 1. The molecule has 2 amide bonds. The number of amides is 2. The van der Waals surface area contributed by atoms with Crippen molar-refractivity contribution in [3.63, 3.8) is 0 Å². The van der Waals surface area contributed by atoms with E-state index in [-0.39, 0.29) is 18.5 Å². The number of carboxylic acid groups (broad SMARTS) is 1. The number of carbonyl (C=O) groups is 2. The first-order chi connectivity index (χ1) is 10.0. The van der Waals surface area contributed by atoms with E-state index in [1.165, 1.54) is 0 Å². The van der Waals surface area contributed by atoms with Gasteiger partial charge in [0.25, 0.3) is 0 Å². The molecule has 0 spiro atoms. The lowest BCUT2D eigenvalue weighted by atomic mass is 10.2. The Morgan fingerprint density at radius 1 is 1.43 bits per heavy atom. The van der Waals surface area contributed by atoms with Gasteiger partial charge in [0.05, 0.1) is 12.7 Å². The van der Waals surface area contributed by atoms with Gasteiger partial charge in [-0.15, -0.1) is 0 Å². The Morgan fingerprint density at radius 2 is 2.19 bits per heavy atom. The van der Waals surface area contributed by atoms with Gasteiger partial charge in [-0.2, -0.15) is 0 Å². The van der Waals surface area contributed by atoms with Crippen LogP contribution >= 0.6 is 0 Å². The number of unbranched alkanes of at least 4 members (excludes halogenated alkanes) is 1. The first-order valence-corrected chi connectivity index (χ1v) is 7.26. The Kier molecular flexibility index (Phi) is 7.28. The topological polar surface area (TPSA) is 87.5 Å². The summed E-state index contributed by atoms with van der Waals surface area (Å²) in [6.45, 7) is 5.55. The maximum Gasteiger partial charge on any atom is 0.317 e. The van der Waals surface area contributed by atoms with Crippen LogP contribution in [-0.2, 0) is 11.3 Å². The molecule has 0 aliphatic rings. The van der Waals surface area contributed by atoms with E-state index in [1.807, 2.05) is 17.7 Å². The number of nitrogens with one attached hydrogen (secondary N) is 1. The molecule has 7 nitrogen and oxygen atoms in total. The smallest absolute Gasteiger partial charge is 0.317 e. The number of carbonyl (C=O) groups excluding carboxylic acids is 1. The molecule has 0 fully saturated rings. The molecule has 118 valence electrons. The summed E-state index contributed by atoms with van der Waals surface area (Å²) in [6, 6.07) is -0.507. The maximum atomic E-state index is 12.0. The van der Waals surface area contributed by atoms with E-state index in [4.69, 9.17) is 5.11 Å². The van der Waals surface area contributed by atoms with Crippen molar-refractivity contribution in [3.05, 3.63) is 18.7 Å². The summed E-state index contributed by atoms with van der Waals surface area (Å²) in [6.07, 6.45) is 7.20. The minimum absolute atomic E-state index is 0.0398. The van der Waals surface area contributed by atoms with E-state index >= 15 is 0 Å². The molecule has 2 N–H and O–H groups in total. The number of aliphatic carboxylic acids is 1. The van der Waals surface area contributed by atoms with Crippen LogP contribution in [0.3, 0.4) is 0 Å². The van der Waals surface area contributed by atoms with Crippen LogP contribution in [-0.4, -0.2) is 50.7 Å².